The van der Waals surface area contributed by atoms with Crippen LogP contribution in [0, 0.1) is 0 Å². The molecule has 0 fully saturated rings. The van der Waals surface area contributed by atoms with Crippen LogP contribution in [0.15, 0.2) is 21.7 Å². The van der Waals surface area contributed by atoms with Crippen molar-refractivity contribution >= 4 is 28.1 Å². The first-order valence-electron chi connectivity index (χ1n) is 5.74. The number of aromatic nitrogens is 4. The molecule has 1 aromatic heterocycles. The monoisotopic (exact) mass is 340 g/mol. The summed E-state index contributed by atoms with van der Waals surface area (Å²) in [7, 11) is 1.57. The van der Waals surface area contributed by atoms with Crippen LogP contribution in [0.4, 0.5) is 5.95 Å². The zero-order valence-corrected chi connectivity index (χ0v) is 12.5. The van der Waals surface area contributed by atoms with Crippen molar-refractivity contribution in [3.63, 3.8) is 0 Å². The first-order chi connectivity index (χ1) is 9.65. The van der Waals surface area contributed by atoms with E-state index < -0.39 is 0 Å². The van der Waals surface area contributed by atoms with Crippen molar-refractivity contribution in [3.05, 3.63) is 22.2 Å². The highest BCUT2D eigenvalue weighted by Gasteiger charge is 2.10. The topological polar surface area (TPSA) is 100 Å². The average Bonchev–Trinajstić information content (AvgIpc) is 2.84. The van der Waals surface area contributed by atoms with Crippen LogP contribution in [-0.2, 0) is 0 Å². The second kappa shape index (κ2) is 6.33. The Morgan fingerprint density at radius 1 is 1.50 bits per heavy atom. The smallest absolute Gasteiger partial charge is 0.263 e. The summed E-state index contributed by atoms with van der Waals surface area (Å²) in [6, 6.07) is 3.64. The molecule has 2 N–H and O–H groups in total. The van der Waals surface area contributed by atoms with Crippen LogP contribution in [0.2, 0.25) is 0 Å². The van der Waals surface area contributed by atoms with Gasteiger partial charge in [0, 0.05) is 0 Å². The van der Waals surface area contributed by atoms with E-state index in [0.717, 1.165) is 14.8 Å². The van der Waals surface area contributed by atoms with Crippen LogP contribution >= 0.6 is 15.9 Å². The van der Waals surface area contributed by atoms with Crippen molar-refractivity contribution in [2.75, 3.05) is 19.5 Å². The lowest BCUT2D eigenvalue weighted by Crippen LogP contribution is -2.01. The molecule has 106 valence electrons. The van der Waals surface area contributed by atoms with E-state index in [1.165, 1.54) is 0 Å². The van der Waals surface area contributed by atoms with Crippen molar-refractivity contribution in [1.29, 1.82) is 0 Å². The predicted octanol–water partition coefficient (Wildman–Crippen LogP) is 1.31. The van der Waals surface area contributed by atoms with E-state index in [0.29, 0.717) is 18.1 Å². The molecule has 1 aromatic carbocycles. The van der Waals surface area contributed by atoms with Crippen molar-refractivity contribution in [2.24, 2.45) is 5.10 Å². The number of nitrogen functional groups attached to an aromatic ring is 1. The van der Waals surface area contributed by atoms with Gasteiger partial charge in [-0.2, -0.15) is 5.10 Å². The highest BCUT2D eigenvalue weighted by molar-refractivity contribution is 9.10. The lowest BCUT2D eigenvalue weighted by molar-refractivity contribution is 0.309. The number of ether oxygens (including phenoxy) is 2. The normalized spacial score (nSPS) is 10.9. The van der Waals surface area contributed by atoms with Gasteiger partial charge < -0.3 is 15.2 Å². The van der Waals surface area contributed by atoms with Crippen molar-refractivity contribution in [1.82, 2.24) is 20.3 Å². The van der Waals surface area contributed by atoms with Crippen LogP contribution in [-0.4, -0.2) is 40.2 Å². The van der Waals surface area contributed by atoms with Gasteiger partial charge >= 0.3 is 0 Å². The maximum atomic E-state index is 5.51. The summed E-state index contributed by atoms with van der Waals surface area (Å²) in [5, 5.41) is 14.6. The van der Waals surface area contributed by atoms with Gasteiger partial charge in [-0.3, -0.25) is 0 Å². The fourth-order valence-electron chi connectivity index (χ4n) is 1.49. The number of methoxy groups -OCH3 is 1. The minimum absolute atomic E-state index is 0.109. The standard InChI is InChI=1S/C11H13BrN6O2/c1-3-20-10-8(12)4-7(5-9(10)19-2)6-14-18-11(13)15-16-17-18/h4-6H,3H2,1-2H3,(H2,13,15,17). The van der Waals surface area contributed by atoms with E-state index in [1.54, 1.807) is 19.4 Å². The summed E-state index contributed by atoms with van der Waals surface area (Å²) in [5.74, 6) is 1.36. The summed E-state index contributed by atoms with van der Waals surface area (Å²) < 4.78 is 11.6. The van der Waals surface area contributed by atoms with E-state index in [-0.39, 0.29) is 5.95 Å². The Labute approximate surface area is 123 Å². The number of benzene rings is 1. The molecule has 0 bridgehead atoms. The molecule has 0 saturated carbocycles. The molecule has 0 aliphatic rings. The molecule has 0 saturated heterocycles. The van der Waals surface area contributed by atoms with E-state index >= 15 is 0 Å². The van der Waals surface area contributed by atoms with Crippen molar-refractivity contribution < 1.29 is 9.47 Å². The molecule has 0 aliphatic carbocycles. The molecule has 0 radical (unpaired) electrons. The molecule has 2 rings (SSSR count). The third-order valence-electron chi connectivity index (χ3n) is 2.33. The maximum Gasteiger partial charge on any atom is 0.263 e. The minimum Gasteiger partial charge on any atom is -0.493 e. The van der Waals surface area contributed by atoms with Crippen LogP contribution in [0.1, 0.15) is 12.5 Å². The summed E-state index contributed by atoms with van der Waals surface area (Å²) in [5.41, 5.74) is 6.30. The quantitative estimate of drug-likeness (QED) is 0.823. The first-order valence-corrected chi connectivity index (χ1v) is 6.53. The van der Waals surface area contributed by atoms with Gasteiger partial charge in [-0.25, -0.2) is 0 Å². The Balaban J connectivity index is 2.31. The van der Waals surface area contributed by atoms with Crippen LogP contribution in [0.5, 0.6) is 11.5 Å². The van der Waals surface area contributed by atoms with Gasteiger partial charge in [0.05, 0.1) is 24.4 Å². The first kappa shape index (κ1) is 14.3. The minimum atomic E-state index is 0.109. The third kappa shape index (κ3) is 3.05. The van der Waals surface area contributed by atoms with Crippen LogP contribution in [0.3, 0.4) is 0 Å². The summed E-state index contributed by atoms with van der Waals surface area (Å²) >= 11 is 3.43. The number of rotatable bonds is 5. The van der Waals surface area contributed by atoms with Gasteiger partial charge in [-0.1, -0.05) is 9.89 Å². The van der Waals surface area contributed by atoms with Gasteiger partial charge in [-0.05, 0) is 51.0 Å². The molecular formula is C11H13BrN6O2. The van der Waals surface area contributed by atoms with E-state index in [4.69, 9.17) is 15.2 Å². The Bertz CT molecular complexity index is 627. The van der Waals surface area contributed by atoms with Crippen molar-refractivity contribution in [3.8, 4) is 11.5 Å². The summed E-state index contributed by atoms with van der Waals surface area (Å²) in [6.45, 7) is 2.45. The molecule has 0 unspecified atom stereocenters. The Morgan fingerprint density at radius 2 is 2.30 bits per heavy atom. The molecule has 0 aliphatic heterocycles. The number of nitrogens with two attached hydrogens (primary N) is 1. The van der Waals surface area contributed by atoms with Gasteiger partial charge in [0.25, 0.3) is 5.95 Å². The summed E-state index contributed by atoms with van der Waals surface area (Å²) in [6.07, 6.45) is 1.57. The Hall–Kier alpha value is -2.16. The van der Waals surface area contributed by atoms with Crippen molar-refractivity contribution in [2.45, 2.75) is 6.92 Å². The van der Waals surface area contributed by atoms with Gasteiger partial charge in [0.1, 0.15) is 0 Å². The lowest BCUT2D eigenvalue weighted by atomic mass is 10.2. The molecule has 2 aromatic rings. The highest BCUT2D eigenvalue weighted by atomic mass is 79.9. The third-order valence-corrected chi connectivity index (χ3v) is 2.92. The number of hydrogen-bond donors (Lipinski definition) is 1. The van der Waals surface area contributed by atoms with Gasteiger partial charge in [0.15, 0.2) is 11.5 Å². The number of halogens is 1. The number of tetrazole rings is 1. The van der Waals surface area contributed by atoms with Gasteiger partial charge in [-0.15, -0.1) is 0 Å². The second-order valence-electron chi connectivity index (χ2n) is 3.64. The number of anilines is 1. The number of nitrogens with zero attached hydrogens (tertiary/aromatic N) is 5. The molecule has 9 heteroatoms. The maximum absolute atomic E-state index is 5.51. The predicted molar refractivity (Wildman–Crippen MR) is 77.1 cm³/mol. The zero-order valence-electron chi connectivity index (χ0n) is 10.9. The molecular weight excluding hydrogens is 328 g/mol. The second-order valence-corrected chi connectivity index (χ2v) is 4.49. The highest BCUT2D eigenvalue weighted by Crippen LogP contribution is 2.36. The molecule has 0 amide bonds. The SMILES string of the molecule is CCOc1c(Br)cc(C=Nn2nnnc2N)cc1OC. The average molecular weight is 341 g/mol. The molecule has 8 nitrogen and oxygen atoms in total. The van der Waals surface area contributed by atoms with Gasteiger partial charge in [0.2, 0.25) is 0 Å². The van der Waals surface area contributed by atoms with E-state index in [2.05, 4.69) is 36.6 Å². The molecule has 1 heterocycles. The number of hydrogen-bond acceptors (Lipinski definition) is 7. The Morgan fingerprint density at radius 3 is 2.90 bits per heavy atom. The molecule has 0 atom stereocenters. The molecule has 0 spiro atoms. The zero-order chi connectivity index (χ0) is 14.5. The Kier molecular flexibility index (Phi) is 4.51. The van der Waals surface area contributed by atoms with Crippen LogP contribution in [0.25, 0.3) is 0 Å². The fourth-order valence-corrected chi connectivity index (χ4v) is 2.07. The molecule has 20 heavy (non-hydrogen) atoms. The lowest BCUT2D eigenvalue weighted by Gasteiger charge is -2.11. The summed E-state index contributed by atoms with van der Waals surface area (Å²) in [4.78, 5) is 1.12. The van der Waals surface area contributed by atoms with E-state index in [1.807, 2.05) is 13.0 Å². The van der Waals surface area contributed by atoms with Crippen LogP contribution < -0.4 is 15.2 Å². The largest absolute Gasteiger partial charge is 0.493 e. The van der Waals surface area contributed by atoms with E-state index in [9.17, 15) is 0 Å². The fraction of sp³-hybridized carbons (Fsp3) is 0.273.